The van der Waals surface area contributed by atoms with E-state index in [9.17, 15) is 0 Å². The summed E-state index contributed by atoms with van der Waals surface area (Å²) in [5.74, 6) is 3.16. The van der Waals surface area contributed by atoms with Crippen LogP contribution < -0.4 is 24.4 Å². The lowest BCUT2D eigenvalue weighted by molar-refractivity contribution is 0.174. The van der Waals surface area contributed by atoms with Crippen LogP contribution in [0.2, 0.25) is 0 Å². The van der Waals surface area contributed by atoms with Crippen molar-refractivity contribution in [3.8, 4) is 17.2 Å². The number of hydrogen-bond donors (Lipinski definition) is 1. The molecule has 4 aliphatic rings. The second-order valence-corrected chi connectivity index (χ2v) is 8.32. The SMILES string of the molecule is S=C(NCc1ccc2c(c1)OCO2)N1CCN(c2ncnc3c2OC2CC=CN=C32)CC1. The van der Waals surface area contributed by atoms with E-state index in [1.54, 1.807) is 6.33 Å². The van der Waals surface area contributed by atoms with Crippen molar-refractivity contribution in [3.05, 3.63) is 48.1 Å². The highest BCUT2D eigenvalue weighted by Gasteiger charge is 2.36. The number of aromatic nitrogens is 2. The summed E-state index contributed by atoms with van der Waals surface area (Å²) in [4.78, 5) is 17.9. The van der Waals surface area contributed by atoms with Gasteiger partial charge in [-0.1, -0.05) is 12.1 Å². The first-order valence-electron chi connectivity index (χ1n) is 10.7. The third-order valence-corrected chi connectivity index (χ3v) is 6.41. The Kier molecular flexibility index (Phi) is 4.79. The standard InChI is InChI=1S/C22H22N6O3S/c32-22(24-11-14-3-4-15-17(10-14)30-13-29-15)28-8-6-27(7-9-28)21-20-19(25-12-26-21)18-16(31-20)2-1-5-23-18/h1,3-5,10,12,16H,2,6-9,11,13H2,(H,24,32). The highest BCUT2D eigenvalue weighted by molar-refractivity contribution is 7.80. The number of piperazine rings is 1. The van der Waals surface area contributed by atoms with Gasteiger partial charge in [0.1, 0.15) is 23.8 Å². The first-order valence-corrected chi connectivity index (χ1v) is 11.1. The number of nitrogens with one attached hydrogen (secondary N) is 1. The topological polar surface area (TPSA) is 84.3 Å². The maximum absolute atomic E-state index is 6.17. The van der Waals surface area contributed by atoms with E-state index in [-0.39, 0.29) is 12.9 Å². The van der Waals surface area contributed by atoms with Gasteiger partial charge in [0.2, 0.25) is 6.79 Å². The fourth-order valence-corrected chi connectivity index (χ4v) is 4.57. The van der Waals surface area contributed by atoms with Gasteiger partial charge in [0, 0.05) is 45.3 Å². The fourth-order valence-electron chi connectivity index (χ4n) is 4.31. The number of anilines is 1. The van der Waals surface area contributed by atoms with Crippen LogP contribution in [0.25, 0.3) is 0 Å². The minimum absolute atomic E-state index is 0.0558. The van der Waals surface area contributed by atoms with Crippen LogP contribution in [-0.4, -0.2) is 64.8 Å². The van der Waals surface area contributed by atoms with Gasteiger partial charge in [-0.25, -0.2) is 9.97 Å². The van der Waals surface area contributed by atoms with E-state index in [1.807, 2.05) is 30.5 Å². The molecule has 0 bridgehead atoms. The van der Waals surface area contributed by atoms with Crippen molar-refractivity contribution in [3.63, 3.8) is 0 Å². The molecule has 1 unspecified atom stereocenters. The molecular weight excluding hydrogens is 428 g/mol. The molecule has 1 saturated heterocycles. The Morgan fingerprint density at radius 3 is 2.91 bits per heavy atom. The Morgan fingerprint density at radius 2 is 2.00 bits per heavy atom. The number of rotatable bonds is 3. The molecule has 0 amide bonds. The summed E-state index contributed by atoms with van der Waals surface area (Å²) in [5.41, 5.74) is 2.81. The zero-order valence-electron chi connectivity index (χ0n) is 17.4. The van der Waals surface area contributed by atoms with Crippen LogP contribution in [0.4, 0.5) is 5.82 Å². The summed E-state index contributed by atoms with van der Waals surface area (Å²) in [6, 6.07) is 5.94. The highest BCUT2D eigenvalue weighted by atomic mass is 32.1. The Balaban J connectivity index is 1.07. The largest absolute Gasteiger partial charge is 0.477 e. The molecule has 4 aliphatic heterocycles. The normalized spacial score (nSPS) is 20.4. The minimum Gasteiger partial charge on any atom is -0.477 e. The Hall–Kier alpha value is -3.40. The van der Waals surface area contributed by atoms with Crippen LogP contribution in [-0.2, 0) is 6.54 Å². The number of hydrogen-bond acceptors (Lipinski definition) is 8. The van der Waals surface area contributed by atoms with Gasteiger partial charge < -0.3 is 29.3 Å². The molecule has 2 aromatic rings. The van der Waals surface area contributed by atoms with Gasteiger partial charge in [-0.3, -0.25) is 4.99 Å². The van der Waals surface area contributed by atoms with E-state index in [0.717, 1.165) is 77.7 Å². The number of ether oxygens (including phenoxy) is 3. The molecule has 9 nitrogen and oxygen atoms in total. The average molecular weight is 451 g/mol. The maximum atomic E-state index is 6.17. The number of fused-ring (bicyclic) bond motifs is 4. The summed E-state index contributed by atoms with van der Waals surface area (Å²) < 4.78 is 17.0. The number of aliphatic imine (C=N–C) groups is 1. The van der Waals surface area contributed by atoms with Crippen molar-refractivity contribution in [1.82, 2.24) is 20.2 Å². The summed E-state index contributed by atoms with van der Waals surface area (Å²) >= 11 is 5.64. The van der Waals surface area contributed by atoms with E-state index in [1.165, 1.54) is 0 Å². The molecule has 0 spiro atoms. The lowest BCUT2D eigenvalue weighted by Crippen LogP contribution is -2.51. The molecule has 32 heavy (non-hydrogen) atoms. The van der Waals surface area contributed by atoms with Crippen LogP contribution in [0.5, 0.6) is 17.2 Å². The molecule has 1 aromatic heterocycles. The first-order chi connectivity index (χ1) is 15.8. The predicted molar refractivity (Wildman–Crippen MR) is 123 cm³/mol. The van der Waals surface area contributed by atoms with E-state index < -0.39 is 0 Å². The summed E-state index contributed by atoms with van der Waals surface area (Å²) in [5, 5.41) is 4.11. The summed E-state index contributed by atoms with van der Waals surface area (Å²) in [6.07, 6.45) is 6.20. The van der Waals surface area contributed by atoms with Gasteiger partial charge >= 0.3 is 0 Å². The van der Waals surface area contributed by atoms with E-state index >= 15 is 0 Å². The monoisotopic (exact) mass is 450 g/mol. The smallest absolute Gasteiger partial charge is 0.231 e. The van der Waals surface area contributed by atoms with Crippen molar-refractivity contribution in [2.75, 3.05) is 37.9 Å². The molecular formula is C22H22N6O3S. The number of thiocarbonyl (C=S) groups is 1. The van der Waals surface area contributed by atoms with Crippen molar-refractivity contribution in [1.29, 1.82) is 0 Å². The maximum Gasteiger partial charge on any atom is 0.231 e. The van der Waals surface area contributed by atoms with Crippen LogP contribution in [0.1, 0.15) is 17.7 Å². The zero-order chi connectivity index (χ0) is 21.5. The molecule has 1 N–H and O–H groups in total. The number of benzene rings is 1. The molecule has 6 rings (SSSR count). The quantitative estimate of drug-likeness (QED) is 0.705. The van der Waals surface area contributed by atoms with Crippen molar-refractivity contribution < 1.29 is 14.2 Å². The first kappa shape index (κ1) is 19.3. The highest BCUT2D eigenvalue weighted by Crippen LogP contribution is 2.38. The van der Waals surface area contributed by atoms with E-state index in [2.05, 4.69) is 30.1 Å². The molecule has 5 heterocycles. The Morgan fingerprint density at radius 1 is 1.12 bits per heavy atom. The lowest BCUT2D eigenvalue weighted by Gasteiger charge is -2.37. The summed E-state index contributed by atoms with van der Waals surface area (Å²) in [7, 11) is 0. The van der Waals surface area contributed by atoms with E-state index in [4.69, 9.17) is 26.4 Å². The predicted octanol–water partition coefficient (Wildman–Crippen LogP) is 1.87. The molecule has 0 aliphatic carbocycles. The molecule has 1 atom stereocenters. The Labute approximate surface area is 190 Å². The zero-order valence-corrected chi connectivity index (χ0v) is 18.2. The van der Waals surface area contributed by atoms with E-state index in [0.29, 0.717) is 6.54 Å². The van der Waals surface area contributed by atoms with Crippen molar-refractivity contribution in [2.45, 2.75) is 19.1 Å². The Bertz CT molecular complexity index is 1130. The fraction of sp³-hybridized carbons (Fsp3) is 0.364. The van der Waals surface area contributed by atoms with Gasteiger partial charge in [-0.2, -0.15) is 0 Å². The third kappa shape index (κ3) is 3.40. The van der Waals surface area contributed by atoms with Gasteiger partial charge in [-0.05, 0) is 29.9 Å². The third-order valence-electron chi connectivity index (χ3n) is 6.01. The van der Waals surface area contributed by atoms with Gasteiger partial charge in [-0.15, -0.1) is 0 Å². The van der Waals surface area contributed by atoms with Crippen LogP contribution in [0.3, 0.4) is 0 Å². The van der Waals surface area contributed by atoms with Crippen molar-refractivity contribution >= 4 is 28.9 Å². The molecule has 1 aromatic carbocycles. The molecule has 164 valence electrons. The summed E-state index contributed by atoms with van der Waals surface area (Å²) in [6.45, 7) is 4.12. The average Bonchev–Trinajstić information content (AvgIpc) is 3.46. The second kappa shape index (κ2) is 7.94. The van der Waals surface area contributed by atoms with Crippen LogP contribution in [0.15, 0.2) is 41.8 Å². The molecule has 1 fully saturated rings. The van der Waals surface area contributed by atoms with Crippen LogP contribution in [0, 0.1) is 0 Å². The van der Waals surface area contributed by atoms with Gasteiger partial charge in [0.05, 0.1) is 0 Å². The molecule has 0 radical (unpaired) electrons. The second-order valence-electron chi connectivity index (χ2n) is 7.94. The lowest BCUT2D eigenvalue weighted by atomic mass is 10.1. The van der Waals surface area contributed by atoms with Gasteiger partial charge in [0.25, 0.3) is 0 Å². The van der Waals surface area contributed by atoms with Crippen LogP contribution >= 0.6 is 12.2 Å². The molecule has 0 saturated carbocycles. The van der Waals surface area contributed by atoms with Crippen molar-refractivity contribution in [2.24, 2.45) is 4.99 Å². The molecule has 10 heteroatoms. The minimum atomic E-state index is -0.0558. The number of nitrogens with zero attached hydrogens (tertiary/aromatic N) is 5. The van der Waals surface area contributed by atoms with Gasteiger partial charge in [0.15, 0.2) is 28.2 Å².